The average Bonchev–Trinajstić information content (AvgIpc) is 3.62. The van der Waals surface area contributed by atoms with Crippen LogP contribution in [0.1, 0.15) is 49.6 Å². The molecule has 5 rings (SSSR count). The van der Waals surface area contributed by atoms with E-state index >= 15 is 0 Å². The minimum atomic E-state index is -4.93. The van der Waals surface area contributed by atoms with Crippen LogP contribution in [-0.2, 0) is 27.2 Å². The molecule has 2 fully saturated rings. The number of alkyl halides is 3. The largest absolute Gasteiger partial charge is 0.573 e. The van der Waals surface area contributed by atoms with Crippen LogP contribution in [0.15, 0.2) is 59.2 Å². The van der Waals surface area contributed by atoms with Crippen LogP contribution < -0.4 is 10.6 Å². The number of carbonyl (C=O) groups excluding carboxylic acids is 1. The van der Waals surface area contributed by atoms with Gasteiger partial charge in [-0.05, 0) is 74.3 Å². The van der Waals surface area contributed by atoms with Crippen molar-refractivity contribution < 1.29 is 27.4 Å². The van der Waals surface area contributed by atoms with Crippen molar-refractivity contribution in [3.05, 3.63) is 70.5 Å². The maximum absolute atomic E-state index is 12.8. The van der Waals surface area contributed by atoms with Crippen molar-refractivity contribution in [1.82, 2.24) is 15.1 Å². The predicted octanol–water partition coefficient (Wildman–Crippen LogP) is 5.53. The van der Waals surface area contributed by atoms with Crippen LogP contribution in [0.5, 0.6) is 0 Å². The van der Waals surface area contributed by atoms with Crippen molar-refractivity contribution in [3.8, 4) is 11.3 Å². The van der Waals surface area contributed by atoms with E-state index in [9.17, 15) is 18.0 Å². The minimum absolute atomic E-state index is 0.00556. The SMILES string of the molecule is CNc1cc(CC2CC2)ccc1-c1cc(CNC(=O)C2=C=C=CC=C2OC(F)(F)F)nn1C1CCCCO1. The van der Waals surface area contributed by atoms with E-state index in [4.69, 9.17) is 9.84 Å². The summed E-state index contributed by atoms with van der Waals surface area (Å²) in [5, 5.41) is 10.7. The third-order valence-electron chi connectivity index (χ3n) is 6.71. The number of amides is 1. The average molecular weight is 527 g/mol. The Bertz CT molecular complexity index is 1340. The first kappa shape index (κ1) is 25.9. The van der Waals surface area contributed by atoms with Crippen LogP contribution in [0.25, 0.3) is 11.3 Å². The Balaban J connectivity index is 1.39. The smallest absolute Gasteiger partial charge is 0.404 e. The second kappa shape index (κ2) is 11.0. The first-order chi connectivity index (χ1) is 18.3. The number of halogens is 3. The third-order valence-corrected chi connectivity index (χ3v) is 6.71. The van der Waals surface area contributed by atoms with Gasteiger partial charge < -0.3 is 20.1 Å². The Morgan fingerprint density at radius 1 is 1.24 bits per heavy atom. The number of allylic oxidation sites excluding steroid dienone is 2. The Kier molecular flexibility index (Phi) is 7.47. The summed E-state index contributed by atoms with van der Waals surface area (Å²) in [5.74, 6) is -0.643. The van der Waals surface area contributed by atoms with Gasteiger partial charge in [0.05, 0.1) is 17.9 Å². The standard InChI is InChI=1S/C28H29F3N4O3/c1-32-23-15-19(14-18-9-10-18)11-12-21(23)24-16-20(34-35(24)26-8-4-5-13-37-26)17-33-27(36)22-6-2-3-7-25(22)38-28(29,30)31/h3,7,11-12,15-16,18,26,32H,4-5,8-10,13-14,17H2,1H3,(H,33,36). The van der Waals surface area contributed by atoms with Gasteiger partial charge in [0.15, 0.2) is 12.0 Å². The molecule has 1 saturated heterocycles. The van der Waals surface area contributed by atoms with Crippen LogP contribution >= 0.6 is 0 Å². The summed E-state index contributed by atoms with van der Waals surface area (Å²) in [7, 11) is 1.88. The molecule has 200 valence electrons. The van der Waals surface area contributed by atoms with Crippen LogP contribution in [0, 0.1) is 5.92 Å². The summed E-state index contributed by atoms with van der Waals surface area (Å²) >= 11 is 0. The molecule has 0 radical (unpaired) electrons. The van der Waals surface area contributed by atoms with Gasteiger partial charge in [-0.2, -0.15) is 5.10 Å². The van der Waals surface area contributed by atoms with Gasteiger partial charge in [-0.15, -0.1) is 13.2 Å². The zero-order valence-corrected chi connectivity index (χ0v) is 21.0. The lowest BCUT2D eigenvalue weighted by molar-refractivity contribution is -0.303. The van der Waals surface area contributed by atoms with E-state index < -0.39 is 18.0 Å². The van der Waals surface area contributed by atoms with Gasteiger partial charge >= 0.3 is 6.36 Å². The summed E-state index contributed by atoms with van der Waals surface area (Å²) < 4.78 is 50.1. The second-order valence-corrected chi connectivity index (χ2v) is 9.64. The van der Waals surface area contributed by atoms with Crippen LogP contribution in [0.4, 0.5) is 18.9 Å². The number of hydrogen-bond donors (Lipinski definition) is 2. The number of benzene rings is 1. The van der Waals surface area contributed by atoms with E-state index in [0.717, 1.165) is 54.6 Å². The molecule has 2 heterocycles. The molecule has 2 aliphatic carbocycles. The van der Waals surface area contributed by atoms with Crippen molar-refractivity contribution >= 4 is 11.6 Å². The minimum Gasteiger partial charge on any atom is -0.404 e. The molecule has 7 nitrogen and oxygen atoms in total. The van der Waals surface area contributed by atoms with Crippen molar-refractivity contribution in [3.63, 3.8) is 0 Å². The zero-order valence-electron chi connectivity index (χ0n) is 21.0. The molecule has 0 spiro atoms. The molecule has 1 saturated carbocycles. The number of rotatable bonds is 9. The van der Waals surface area contributed by atoms with Crippen molar-refractivity contribution in [2.45, 2.75) is 57.7 Å². The Hall–Kier alpha value is -3.71. The topological polar surface area (TPSA) is 77.4 Å². The molecular formula is C28H29F3N4O3. The zero-order chi connectivity index (χ0) is 26.7. The Morgan fingerprint density at radius 3 is 2.79 bits per heavy atom. The Labute approximate surface area is 218 Å². The van der Waals surface area contributed by atoms with E-state index in [1.165, 1.54) is 24.5 Å². The lowest BCUT2D eigenvalue weighted by atomic mass is 10.0. The van der Waals surface area contributed by atoms with Gasteiger partial charge in [-0.1, -0.05) is 23.6 Å². The van der Waals surface area contributed by atoms with E-state index in [2.05, 4.69) is 45.0 Å². The van der Waals surface area contributed by atoms with E-state index in [0.29, 0.717) is 12.3 Å². The van der Waals surface area contributed by atoms with Crippen LogP contribution in [0.2, 0.25) is 0 Å². The maximum Gasteiger partial charge on any atom is 0.573 e. The molecule has 1 aliphatic heterocycles. The summed E-state index contributed by atoms with van der Waals surface area (Å²) in [4.78, 5) is 12.7. The molecule has 0 bridgehead atoms. The fraction of sp³-hybridized carbons (Fsp3) is 0.429. The number of nitrogens with zero attached hydrogens (tertiary/aromatic N) is 2. The molecule has 10 heteroatoms. The van der Waals surface area contributed by atoms with E-state index in [1.54, 1.807) is 0 Å². The maximum atomic E-state index is 12.8. The fourth-order valence-corrected chi connectivity index (χ4v) is 4.69. The highest BCUT2D eigenvalue weighted by atomic mass is 19.4. The van der Waals surface area contributed by atoms with Crippen molar-refractivity contribution in [1.29, 1.82) is 0 Å². The van der Waals surface area contributed by atoms with Crippen LogP contribution in [-0.4, -0.2) is 35.7 Å². The molecule has 2 aromatic rings. The lowest BCUT2D eigenvalue weighted by Gasteiger charge is -2.25. The number of ether oxygens (including phenoxy) is 2. The summed E-state index contributed by atoms with van der Waals surface area (Å²) in [5.41, 5.74) is 9.12. The van der Waals surface area contributed by atoms with Gasteiger partial charge in [0.1, 0.15) is 5.57 Å². The second-order valence-electron chi connectivity index (χ2n) is 9.64. The molecule has 2 N–H and O–H groups in total. The fourth-order valence-electron chi connectivity index (χ4n) is 4.69. The van der Waals surface area contributed by atoms with Gasteiger partial charge in [0, 0.05) is 24.9 Å². The van der Waals surface area contributed by atoms with Gasteiger partial charge in [-0.3, -0.25) is 4.79 Å². The quantitative estimate of drug-likeness (QED) is 0.420. The van der Waals surface area contributed by atoms with E-state index in [1.807, 2.05) is 17.8 Å². The molecule has 38 heavy (non-hydrogen) atoms. The van der Waals surface area contributed by atoms with Gasteiger partial charge in [0.25, 0.3) is 5.91 Å². The monoisotopic (exact) mass is 526 g/mol. The normalized spacial score (nSPS) is 19.1. The Morgan fingerprint density at radius 2 is 2.08 bits per heavy atom. The number of nitrogens with one attached hydrogen (secondary N) is 2. The number of anilines is 1. The molecular weight excluding hydrogens is 497 g/mol. The molecule has 1 amide bonds. The first-order valence-corrected chi connectivity index (χ1v) is 12.8. The van der Waals surface area contributed by atoms with Crippen molar-refractivity contribution in [2.75, 3.05) is 19.0 Å². The lowest BCUT2D eigenvalue weighted by Crippen LogP contribution is -2.27. The summed E-state index contributed by atoms with van der Waals surface area (Å²) in [6.45, 7) is 0.631. The molecule has 3 aliphatic rings. The highest BCUT2D eigenvalue weighted by Crippen LogP contribution is 2.37. The molecule has 1 atom stereocenters. The van der Waals surface area contributed by atoms with Gasteiger partial charge in [-0.25, -0.2) is 4.68 Å². The van der Waals surface area contributed by atoms with Gasteiger partial charge in [0.2, 0.25) is 0 Å². The van der Waals surface area contributed by atoms with Crippen LogP contribution in [0.3, 0.4) is 0 Å². The highest BCUT2D eigenvalue weighted by molar-refractivity contribution is 5.97. The summed E-state index contributed by atoms with van der Waals surface area (Å²) in [6.07, 6.45) is 3.47. The molecule has 1 aromatic carbocycles. The molecule has 1 unspecified atom stereocenters. The third kappa shape index (κ3) is 6.22. The van der Waals surface area contributed by atoms with Crippen molar-refractivity contribution in [2.24, 2.45) is 5.92 Å². The highest BCUT2D eigenvalue weighted by Gasteiger charge is 2.35. The van der Waals surface area contributed by atoms with E-state index in [-0.39, 0.29) is 18.3 Å². The number of aromatic nitrogens is 2. The number of hydrogen-bond acceptors (Lipinski definition) is 5. The predicted molar refractivity (Wildman–Crippen MR) is 135 cm³/mol. The number of carbonyl (C=O) groups is 1. The first-order valence-electron chi connectivity index (χ1n) is 12.8. The summed E-state index contributed by atoms with van der Waals surface area (Å²) in [6, 6.07) is 8.26. The molecule has 1 aromatic heterocycles.